The molecule has 0 radical (unpaired) electrons. The first-order valence-electron chi connectivity index (χ1n) is 6.05. The standard InChI is InChI=1S/C13H19N3O/c1-9-4-5-12(11(3)15-9)13(17)16-7-6-14-10(2)8-16/h4-5,10,14H,6-8H2,1-3H3/t10-/m1/s1. The topological polar surface area (TPSA) is 45.2 Å². The van der Waals surface area contributed by atoms with E-state index in [0.29, 0.717) is 6.04 Å². The third-order valence-electron chi connectivity index (χ3n) is 3.11. The summed E-state index contributed by atoms with van der Waals surface area (Å²) < 4.78 is 0. The average molecular weight is 233 g/mol. The third kappa shape index (κ3) is 2.64. The summed E-state index contributed by atoms with van der Waals surface area (Å²) in [4.78, 5) is 18.6. The van der Waals surface area contributed by atoms with Crippen LogP contribution in [0.15, 0.2) is 12.1 Å². The first-order chi connectivity index (χ1) is 8.08. The molecule has 1 atom stereocenters. The summed E-state index contributed by atoms with van der Waals surface area (Å²) >= 11 is 0. The predicted octanol–water partition coefficient (Wildman–Crippen LogP) is 1.13. The van der Waals surface area contributed by atoms with E-state index >= 15 is 0 Å². The van der Waals surface area contributed by atoms with E-state index in [1.54, 1.807) is 0 Å². The summed E-state index contributed by atoms with van der Waals surface area (Å²) in [7, 11) is 0. The SMILES string of the molecule is Cc1ccc(C(=O)N2CCN[C@H](C)C2)c(C)n1. The van der Waals surface area contributed by atoms with E-state index in [2.05, 4.69) is 17.2 Å². The van der Waals surface area contributed by atoms with Gasteiger partial charge in [-0.3, -0.25) is 9.78 Å². The molecule has 4 heteroatoms. The minimum atomic E-state index is 0.100. The number of nitrogens with one attached hydrogen (secondary N) is 1. The Bertz CT molecular complexity index is 431. The number of piperazine rings is 1. The van der Waals surface area contributed by atoms with E-state index < -0.39 is 0 Å². The molecular weight excluding hydrogens is 214 g/mol. The summed E-state index contributed by atoms with van der Waals surface area (Å²) in [6, 6.07) is 4.14. The molecule has 0 spiro atoms. The number of hydrogen-bond acceptors (Lipinski definition) is 3. The van der Waals surface area contributed by atoms with Gasteiger partial charge >= 0.3 is 0 Å². The zero-order valence-corrected chi connectivity index (χ0v) is 10.7. The van der Waals surface area contributed by atoms with E-state index in [0.717, 1.165) is 36.6 Å². The van der Waals surface area contributed by atoms with Crippen molar-refractivity contribution < 1.29 is 4.79 Å². The summed E-state index contributed by atoms with van der Waals surface area (Å²) in [5.41, 5.74) is 2.50. The van der Waals surface area contributed by atoms with Crippen LogP contribution >= 0.6 is 0 Å². The highest BCUT2D eigenvalue weighted by Gasteiger charge is 2.22. The van der Waals surface area contributed by atoms with E-state index in [1.807, 2.05) is 30.9 Å². The van der Waals surface area contributed by atoms with Gasteiger partial charge in [0.25, 0.3) is 5.91 Å². The molecule has 0 aliphatic carbocycles. The molecule has 2 heterocycles. The largest absolute Gasteiger partial charge is 0.336 e. The maximum atomic E-state index is 12.3. The molecule has 1 fully saturated rings. The second kappa shape index (κ2) is 4.84. The van der Waals surface area contributed by atoms with Crippen LogP contribution in [0.25, 0.3) is 0 Å². The van der Waals surface area contributed by atoms with Gasteiger partial charge in [-0.05, 0) is 32.9 Å². The lowest BCUT2D eigenvalue weighted by atomic mass is 10.1. The Morgan fingerprint density at radius 2 is 2.24 bits per heavy atom. The number of aryl methyl sites for hydroxylation is 2. The van der Waals surface area contributed by atoms with E-state index in [-0.39, 0.29) is 5.91 Å². The fourth-order valence-corrected chi connectivity index (χ4v) is 2.20. The predicted molar refractivity (Wildman–Crippen MR) is 67.1 cm³/mol. The van der Waals surface area contributed by atoms with Gasteiger partial charge in [0.2, 0.25) is 0 Å². The third-order valence-corrected chi connectivity index (χ3v) is 3.11. The van der Waals surface area contributed by atoms with Crippen LogP contribution in [-0.2, 0) is 0 Å². The number of carbonyl (C=O) groups excluding carboxylic acids is 1. The first kappa shape index (κ1) is 12.0. The molecule has 0 saturated carbocycles. The van der Waals surface area contributed by atoms with E-state index in [9.17, 15) is 4.79 Å². The molecule has 2 rings (SSSR count). The fraction of sp³-hybridized carbons (Fsp3) is 0.538. The van der Waals surface area contributed by atoms with Crippen LogP contribution in [0.1, 0.15) is 28.7 Å². The Labute approximate surface area is 102 Å². The summed E-state index contributed by atoms with van der Waals surface area (Å²) in [5.74, 6) is 0.100. The summed E-state index contributed by atoms with van der Waals surface area (Å²) in [5, 5.41) is 3.33. The Kier molecular flexibility index (Phi) is 3.43. The molecule has 1 aliphatic rings. The van der Waals surface area contributed by atoms with Crippen LogP contribution in [0.5, 0.6) is 0 Å². The highest BCUT2D eigenvalue weighted by molar-refractivity contribution is 5.95. The van der Waals surface area contributed by atoms with Gasteiger partial charge in [0.15, 0.2) is 0 Å². The zero-order chi connectivity index (χ0) is 12.4. The average Bonchev–Trinajstić information content (AvgIpc) is 2.28. The van der Waals surface area contributed by atoms with Crippen LogP contribution in [0.3, 0.4) is 0 Å². The van der Waals surface area contributed by atoms with Gasteiger partial charge in [-0.25, -0.2) is 0 Å². The number of amides is 1. The van der Waals surface area contributed by atoms with Gasteiger partial charge in [0.05, 0.1) is 11.3 Å². The molecule has 1 N–H and O–H groups in total. The van der Waals surface area contributed by atoms with Gasteiger partial charge < -0.3 is 10.2 Å². The van der Waals surface area contributed by atoms with Crippen LogP contribution in [0.2, 0.25) is 0 Å². The van der Waals surface area contributed by atoms with Crippen molar-refractivity contribution in [2.24, 2.45) is 0 Å². The van der Waals surface area contributed by atoms with Crippen LogP contribution in [0.4, 0.5) is 0 Å². The first-order valence-corrected chi connectivity index (χ1v) is 6.05. The normalized spacial score (nSPS) is 20.4. The van der Waals surface area contributed by atoms with Crippen molar-refractivity contribution in [1.82, 2.24) is 15.2 Å². The van der Waals surface area contributed by atoms with Gasteiger partial charge in [-0.1, -0.05) is 0 Å². The molecule has 1 aromatic heterocycles. The maximum absolute atomic E-state index is 12.3. The van der Waals surface area contributed by atoms with Crippen molar-refractivity contribution in [3.63, 3.8) is 0 Å². The lowest BCUT2D eigenvalue weighted by Gasteiger charge is -2.32. The van der Waals surface area contributed by atoms with Gasteiger partial charge in [0, 0.05) is 31.4 Å². The Balaban J connectivity index is 2.18. The second-order valence-corrected chi connectivity index (χ2v) is 4.69. The number of aromatic nitrogens is 1. The highest BCUT2D eigenvalue weighted by Crippen LogP contribution is 2.11. The van der Waals surface area contributed by atoms with Crippen LogP contribution in [-0.4, -0.2) is 41.5 Å². The Morgan fingerprint density at radius 1 is 1.47 bits per heavy atom. The van der Waals surface area contributed by atoms with Crippen molar-refractivity contribution in [1.29, 1.82) is 0 Å². The van der Waals surface area contributed by atoms with Crippen LogP contribution in [0, 0.1) is 13.8 Å². The summed E-state index contributed by atoms with van der Waals surface area (Å²) in [6.45, 7) is 8.34. The highest BCUT2D eigenvalue weighted by atomic mass is 16.2. The maximum Gasteiger partial charge on any atom is 0.255 e. The van der Waals surface area contributed by atoms with Gasteiger partial charge in [-0.2, -0.15) is 0 Å². The molecule has 0 unspecified atom stereocenters. The molecule has 17 heavy (non-hydrogen) atoms. The van der Waals surface area contributed by atoms with Crippen LogP contribution < -0.4 is 5.32 Å². The van der Waals surface area contributed by atoms with Crippen molar-refractivity contribution in [3.8, 4) is 0 Å². The number of pyridine rings is 1. The molecule has 1 amide bonds. The number of hydrogen-bond donors (Lipinski definition) is 1. The molecule has 1 saturated heterocycles. The van der Waals surface area contributed by atoms with Gasteiger partial charge in [-0.15, -0.1) is 0 Å². The second-order valence-electron chi connectivity index (χ2n) is 4.69. The fourth-order valence-electron chi connectivity index (χ4n) is 2.20. The Morgan fingerprint density at radius 3 is 2.88 bits per heavy atom. The minimum absolute atomic E-state index is 0.100. The summed E-state index contributed by atoms with van der Waals surface area (Å²) in [6.07, 6.45) is 0. The number of rotatable bonds is 1. The molecular formula is C13H19N3O. The number of nitrogens with zero attached hydrogens (tertiary/aromatic N) is 2. The zero-order valence-electron chi connectivity index (χ0n) is 10.7. The molecule has 0 aromatic carbocycles. The van der Waals surface area contributed by atoms with E-state index in [4.69, 9.17) is 0 Å². The number of carbonyl (C=O) groups is 1. The van der Waals surface area contributed by atoms with Crippen molar-refractivity contribution in [2.75, 3.05) is 19.6 Å². The van der Waals surface area contributed by atoms with Crippen molar-refractivity contribution >= 4 is 5.91 Å². The molecule has 4 nitrogen and oxygen atoms in total. The molecule has 1 aromatic rings. The van der Waals surface area contributed by atoms with E-state index in [1.165, 1.54) is 0 Å². The van der Waals surface area contributed by atoms with Crippen molar-refractivity contribution in [3.05, 3.63) is 29.1 Å². The van der Waals surface area contributed by atoms with Crippen molar-refractivity contribution in [2.45, 2.75) is 26.8 Å². The molecule has 0 bridgehead atoms. The minimum Gasteiger partial charge on any atom is -0.336 e. The lowest BCUT2D eigenvalue weighted by Crippen LogP contribution is -2.51. The quantitative estimate of drug-likeness (QED) is 0.791. The van der Waals surface area contributed by atoms with Gasteiger partial charge in [0.1, 0.15) is 0 Å². The lowest BCUT2D eigenvalue weighted by molar-refractivity contribution is 0.0708. The Hall–Kier alpha value is -1.42. The molecule has 1 aliphatic heterocycles. The smallest absolute Gasteiger partial charge is 0.255 e. The molecule has 92 valence electrons. The monoisotopic (exact) mass is 233 g/mol.